The first-order valence-corrected chi connectivity index (χ1v) is 8.17. The van der Waals surface area contributed by atoms with Crippen LogP contribution in [-0.4, -0.2) is 37.8 Å². The molecular weight excluding hydrogens is 314 g/mol. The molecule has 2 aromatic rings. The summed E-state index contributed by atoms with van der Waals surface area (Å²) in [4.78, 5) is 22.5. The number of aryl methyl sites for hydroxylation is 3. The maximum Gasteiger partial charge on any atom is 0.293 e. The molecule has 5 nitrogen and oxygen atoms in total. The van der Waals surface area contributed by atoms with Crippen molar-refractivity contribution in [3.8, 4) is 0 Å². The number of amides is 1. The number of carbonyl (C=O) groups is 1. The van der Waals surface area contributed by atoms with E-state index in [4.69, 9.17) is 4.42 Å². The molecule has 0 aliphatic rings. The monoisotopic (exact) mass is 339 g/mol. The fourth-order valence-electron chi connectivity index (χ4n) is 2.72. The van der Waals surface area contributed by atoms with Crippen LogP contribution < -0.4 is 0 Å². The van der Waals surface area contributed by atoms with Gasteiger partial charge in [-0.25, -0.2) is 0 Å². The summed E-state index contributed by atoms with van der Waals surface area (Å²) in [6, 6.07) is 4.05. The minimum absolute atomic E-state index is 0.196. The van der Waals surface area contributed by atoms with Gasteiger partial charge in [-0.2, -0.15) is 0 Å². The average molecular weight is 339 g/mol. The second-order valence-electron chi connectivity index (χ2n) is 6.14. The smallest absolute Gasteiger partial charge is 0.293 e. The van der Waals surface area contributed by atoms with E-state index in [1.54, 1.807) is 25.2 Å². The van der Waals surface area contributed by atoms with Gasteiger partial charge in [0, 0.05) is 43.4 Å². The van der Waals surface area contributed by atoms with Gasteiger partial charge in [0.15, 0.2) is 5.76 Å². The molecule has 0 bridgehead atoms. The Bertz CT molecular complexity index is 888. The normalized spacial score (nSPS) is 12.6. The van der Waals surface area contributed by atoms with Crippen LogP contribution in [0.2, 0.25) is 0 Å². The highest BCUT2D eigenvalue weighted by Gasteiger charge is 2.23. The highest BCUT2D eigenvalue weighted by atomic mass is 16.3. The highest BCUT2D eigenvalue weighted by molar-refractivity contribution is 6.00. The molecule has 25 heavy (non-hydrogen) atoms. The molecule has 132 valence electrons. The number of aliphatic imine (C=N–C) groups is 2. The van der Waals surface area contributed by atoms with Crippen molar-refractivity contribution in [3.05, 3.63) is 46.0 Å². The number of rotatable bonds is 5. The number of allylic oxidation sites excluding steroid dienone is 2. The maximum atomic E-state index is 13.0. The van der Waals surface area contributed by atoms with Gasteiger partial charge in [-0.3, -0.25) is 9.79 Å². The number of hydrogen-bond acceptors (Lipinski definition) is 4. The molecular formula is C20H25N3O2. The van der Waals surface area contributed by atoms with Gasteiger partial charge in [-0.05, 0) is 45.5 Å². The molecule has 2 rings (SSSR count). The second-order valence-corrected chi connectivity index (χ2v) is 6.14. The van der Waals surface area contributed by atoms with Gasteiger partial charge in [0.05, 0.1) is 5.70 Å². The summed E-state index contributed by atoms with van der Waals surface area (Å²) in [6.45, 7) is 11.4. The van der Waals surface area contributed by atoms with Gasteiger partial charge in [0.2, 0.25) is 0 Å². The maximum absolute atomic E-state index is 13.0. The molecule has 0 atom stereocenters. The minimum atomic E-state index is -0.196. The third-order valence-corrected chi connectivity index (χ3v) is 4.70. The lowest BCUT2D eigenvalue weighted by Gasteiger charge is -2.19. The Morgan fingerprint density at radius 3 is 2.56 bits per heavy atom. The van der Waals surface area contributed by atoms with Gasteiger partial charge in [-0.1, -0.05) is 12.1 Å². The summed E-state index contributed by atoms with van der Waals surface area (Å²) in [5.74, 6) is 0.163. The van der Waals surface area contributed by atoms with Crippen LogP contribution >= 0.6 is 0 Å². The lowest BCUT2D eigenvalue weighted by molar-refractivity contribution is 0.0805. The molecule has 0 radical (unpaired) electrons. The first-order valence-electron chi connectivity index (χ1n) is 8.17. The fourth-order valence-corrected chi connectivity index (χ4v) is 2.72. The number of hydrogen-bond donors (Lipinski definition) is 0. The van der Waals surface area contributed by atoms with Crippen molar-refractivity contribution < 1.29 is 9.21 Å². The van der Waals surface area contributed by atoms with Crippen molar-refractivity contribution >= 4 is 29.8 Å². The summed E-state index contributed by atoms with van der Waals surface area (Å²) >= 11 is 0. The van der Waals surface area contributed by atoms with Crippen molar-refractivity contribution in [2.24, 2.45) is 9.98 Å². The molecule has 1 amide bonds. The van der Waals surface area contributed by atoms with Crippen LogP contribution in [-0.2, 0) is 0 Å². The summed E-state index contributed by atoms with van der Waals surface area (Å²) in [5.41, 5.74) is 5.26. The van der Waals surface area contributed by atoms with E-state index in [1.807, 2.05) is 39.8 Å². The summed E-state index contributed by atoms with van der Waals surface area (Å²) in [6.07, 6.45) is 2.27. The molecule has 0 unspecified atom stereocenters. The Kier molecular flexibility index (Phi) is 5.57. The van der Waals surface area contributed by atoms with Crippen molar-refractivity contribution in [1.29, 1.82) is 0 Å². The summed E-state index contributed by atoms with van der Waals surface area (Å²) in [7, 11) is 3.42. The van der Waals surface area contributed by atoms with E-state index < -0.39 is 0 Å². The zero-order valence-electron chi connectivity index (χ0n) is 15.8. The second kappa shape index (κ2) is 7.47. The Morgan fingerprint density at radius 2 is 1.96 bits per heavy atom. The van der Waals surface area contributed by atoms with Crippen LogP contribution in [0.5, 0.6) is 0 Å². The van der Waals surface area contributed by atoms with Gasteiger partial charge >= 0.3 is 0 Å². The number of benzene rings is 1. The van der Waals surface area contributed by atoms with Crippen LogP contribution in [0.25, 0.3) is 11.0 Å². The Hall–Kier alpha value is -2.69. The predicted octanol–water partition coefficient (Wildman–Crippen LogP) is 4.45. The van der Waals surface area contributed by atoms with E-state index >= 15 is 0 Å². The molecule has 0 aliphatic carbocycles. The Morgan fingerprint density at radius 1 is 1.28 bits per heavy atom. The van der Waals surface area contributed by atoms with Gasteiger partial charge in [-0.15, -0.1) is 0 Å². The molecule has 0 saturated carbocycles. The molecule has 0 fully saturated rings. The first kappa shape index (κ1) is 18.6. The fraction of sp³-hybridized carbons (Fsp3) is 0.350. The van der Waals surface area contributed by atoms with E-state index in [9.17, 15) is 4.79 Å². The highest BCUT2D eigenvalue weighted by Crippen LogP contribution is 2.30. The quantitative estimate of drug-likeness (QED) is 0.756. The Labute approximate surface area is 148 Å². The van der Waals surface area contributed by atoms with E-state index in [0.29, 0.717) is 17.9 Å². The molecule has 0 saturated heterocycles. The molecule has 5 heteroatoms. The average Bonchev–Trinajstić information content (AvgIpc) is 2.94. The van der Waals surface area contributed by atoms with E-state index in [1.165, 1.54) is 0 Å². The zero-order chi connectivity index (χ0) is 18.7. The van der Waals surface area contributed by atoms with Crippen molar-refractivity contribution in [2.45, 2.75) is 34.1 Å². The molecule has 0 N–H and O–H groups in total. The predicted molar refractivity (Wildman–Crippen MR) is 104 cm³/mol. The molecule has 1 aromatic heterocycles. The minimum Gasteiger partial charge on any atom is -0.450 e. The van der Waals surface area contributed by atoms with Crippen molar-refractivity contribution in [2.75, 3.05) is 14.1 Å². The van der Waals surface area contributed by atoms with Crippen molar-refractivity contribution in [1.82, 2.24) is 4.90 Å². The van der Waals surface area contributed by atoms with Gasteiger partial charge < -0.3 is 14.3 Å². The topological polar surface area (TPSA) is 58.2 Å². The number of fused-ring (bicyclic) bond motifs is 1. The van der Waals surface area contributed by atoms with Gasteiger partial charge in [0.1, 0.15) is 5.58 Å². The Balaban J connectivity index is 2.48. The summed E-state index contributed by atoms with van der Waals surface area (Å²) < 4.78 is 5.95. The van der Waals surface area contributed by atoms with Gasteiger partial charge in [0.25, 0.3) is 5.91 Å². The van der Waals surface area contributed by atoms with E-state index in [-0.39, 0.29) is 5.91 Å². The zero-order valence-corrected chi connectivity index (χ0v) is 15.8. The third kappa shape index (κ3) is 3.40. The first-order chi connectivity index (χ1) is 11.8. The van der Waals surface area contributed by atoms with Crippen LogP contribution in [0.1, 0.15) is 40.6 Å². The van der Waals surface area contributed by atoms with E-state index in [2.05, 4.69) is 16.7 Å². The number of furan rings is 1. The number of nitrogens with zero attached hydrogens (tertiary/aromatic N) is 3. The molecule has 1 heterocycles. The van der Waals surface area contributed by atoms with Crippen LogP contribution in [0.3, 0.4) is 0 Å². The lowest BCUT2D eigenvalue weighted by Crippen LogP contribution is -2.26. The lowest BCUT2D eigenvalue weighted by atomic mass is 10.0. The third-order valence-electron chi connectivity index (χ3n) is 4.70. The van der Waals surface area contributed by atoms with Crippen LogP contribution in [0, 0.1) is 20.8 Å². The SMILES string of the molecule is C=N/C(CC=NC)=C(\C)N(C)C(=O)c1oc2c(C)c(C)ccc2c1C. The van der Waals surface area contributed by atoms with Crippen LogP contribution in [0.15, 0.2) is 37.9 Å². The van der Waals surface area contributed by atoms with Crippen LogP contribution in [0.4, 0.5) is 0 Å². The molecule has 0 aliphatic heterocycles. The van der Waals surface area contributed by atoms with E-state index in [0.717, 1.165) is 33.4 Å². The standard InChI is InChI=1S/C20H25N3O2/c1-12-8-9-16-14(3)19(25-18(16)13(12)2)20(24)23(7)15(4)17(22-6)10-11-21-5/h8-9,11H,6,10H2,1-5,7H3/b17-15+,21-11?. The molecule has 0 spiro atoms. The molecule has 1 aromatic carbocycles. The summed E-state index contributed by atoms with van der Waals surface area (Å²) in [5, 5.41) is 0.974. The van der Waals surface area contributed by atoms with Crippen molar-refractivity contribution in [3.63, 3.8) is 0 Å². The number of carbonyl (C=O) groups excluding carboxylic acids is 1. The largest absolute Gasteiger partial charge is 0.450 e.